The van der Waals surface area contributed by atoms with Crippen LogP contribution in [0, 0.1) is 0 Å². The zero-order valence-electron chi connectivity index (χ0n) is 20.3. The smallest absolute Gasteiger partial charge is 0.328 e. The number of guanidine groups is 1. The van der Waals surface area contributed by atoms with Crippen LogP contribution in [0.2, 0.25) is 0 Å². The molecule has 3 saturated heterocycles. The number of benzene rings is 1. The Bertz CT molecular complexity index is 997. The van der Waals surface area contributed by atoms with Gasteiger partial charge in [0, 0.05) is 40.3 Å². The number of nitrogens with zero attached hydrogens (tertiary/aromatic N) is 6. The molecule has 5 rings (SSSR count). The molecule has 4 aliphatic heterocycles. The lowest BCUT2D eigenvalue weighted by molar-refractivity contribution is -0.136. The molecule has 3 unspecified atom stereocenters. The van der Waals surface area contributed by atoms with Crippen molar-refractivity contribution in [1.82, 2.24) is 29.8 Å². The molecule has 4 aliphatic rings. The molecule has 1 aromatic carbocycles. The van der Waals surface area contributed by atoms with Crippen molar-refractivity contribution < 1.29 is 19.1 Å². The monoisotopic (exact) mass is 483 g/mol. The lowest BCUT2D eigenvalue weighted by Crippen LogP contribution is -2.63. The standard InChI is InChI=1S/C24H33N7O4/c1-27-20-19(22(33)28(2)24(27)34)31-16-18(21(32)25-9-6-10-29-11-13-35-14-12-29)30(23(31)26-20)15-17-7-4-3-5-8-17/h3-5,7-8,18-20H,6,9-16H2,1-2H3,(H,25,32). The second kappa shape index (κ2) is 9.82. The van der Waals surface area contributed by atoms with Crippen molar-refractivity contribution in [2.45, 2.75) is 31.2 Å². The molecule has 0 radical (unpaired) electrons. The Morgan fingerprint density at radius 1 is 1.14 bits per heavy atom. The van der Waals surface area contributed by atoms with Gasteiger partial charge in [-0.15, -0.1) is 0 Å². The maximum Gasteiger partial charge on any atom is 0.328 e. The highest BCUT2D eigenvalue weighted by atomic mass is 16.5. The van der Waals surface area contributed by atoms with Crippen molar-refractivity contribution in [3.05, 3.63) is 35.9 Å². The third kappa shape index (κ3) is 4.45. The van der Waals surface area contributed by atoms with Crippen molar-refractivity contribution in [2.75, 3.05) is 60.0 Å². The Morgan fingerprint density at radius 3 is 2.63 bits per heavy atom. The predicted octanol–water partition coefficient (Wildman–Crippen LogP) is -0.401. The molecular formula is C24H33N7O4. The summed E-state index contributed by atoms with van der Waals surface area (Å²) in [6, 6.07) is 8.44. The van der Waals surface area contributed by atoms with Gasteiger partial charge in [0.05, 0.1) is 19.8 Å². The fraction of sp³-hybridized carbons (Fsp3) is 0.583. The van der Waals surface area contributed by atoms with Crippen LogP contribution >= 0.6 is 0 Å². The van der Waals surface area contributed by atoms with Crippen LogP contribution in [0.25, 0.3) is 0 Å². The molecule has 0 saturated carbocycles. The second-order valence-corrected chi connectivity index (χ2v) is 9.46. The average molecular weight is 484 g/mol. The summed E-state index contributed by atoms with van der Waals surface area (Å²) in [6.07, 6.45) is 0.278. The van der Waals surface area contributed by atoms with Gasteiger partial charge < -0.3 is 24.8 Å². The predicted molar refractivity (Wildman–Crippen MR) is 128 cm³/mol. The number of carbonyl (C=O) groups excluding carboxylic acids is 3. The van der Waals surface area contributed by atoms with Gasteiger partial charge in [-0.1, -0.05) is 30.3 Å². The quantitative estimate of drug-likeness (QED) is 0.527. The molecular weight excluding hydrogens is 450 g/mol. The van der Waals surface area contributed by atoms with E-state index in [1.54, 1.807) is 7.05 Å². The summed E-state index contributed by atoms with van der Waals surface area (Å²) in [5.41, 5.74) is 1.05. The normalized spacial score (nSPS) is 26.7. The van der Waals surface area contributed by atoms with Gasteiger partial charge in [-0.05, 0) is 18.5 Å². The molecule has 0 spiro atoms. The van der Waals surface area contributed by atoms with Gasteiger partial charge in [0.1, 0.15) is 6.04 Å². The van der Waals surface area contributed by atoms with E-state index >= 15 is 0 Å². The van der Waals surface area contributed by atoms with E-state index in [0.717, 1.165) is 49.7 Å². The Labute approximate surface area is 205 Å². The van der Waals surface area contributed by atoms with Crippen molar-refractivity contribution in [3.8, 4) is 0 Å². The number of hydrogen-bond acceptors (Lipinski definition) is 8. The van der Waals surface area contributed by atoms with E-state index in [0.29, 0.717) is 25.6 Å². The van der Waals surface area contributed by atoms with E-state index in [2.05, 4.69) is 10.2 Å². The first kappa shape index (κ1) is 23.6. The van der Waals surface area contributed by atoms with Gasteiger partial charge in [0.15, 0.2) is 12.2 Å². The minimum atomic E-state index is -0.616. The molecule has 1 aromatic rings. The number of hydrogen-bond donors (Lipinski definition) is 1. The van der Waals surface area contributed by atoms with Crippen LogP contribution in [0.1, 0.15) is 12.0 Å². The first-order valence-corrected chi connectivity index (χ1v) is 12.2. The number of aliphatic imine (C=N–C) groups is 1. The van der Waals surface area contributed by atoms with Gasteiger partial charge in [0.2, 0.25) is 11.9 Å². The third-order valence-corrected chi connectivity index (χ3v) is 7.25. The SMILES string of the molecule is CN1C(=O)C2C(N=C3N(Cc4ccccc4)C(C(=O)NCCCN4CCOCC4)CN32)N(C)C1=O. The third-order valence-electron chi connectivity index (χ3n) is 7.25. The highest BCUT2D eigenvalue weighted by molar-refractivity contribution is 6.05. The number of imide groups is 1. The molecule has 0 aliphatic carbocycles. The zero-order chi connectivity index (χ0) is 24.5. The molecule has 11 nitrogen and oxygen atoms in total. The van der Waals surface area contributed by atoms with E-state index in [9.17, 15) is 14.4 Å². The summed E-state index contributed by atoms with van der Waals surface area (Å²) >= 11 is 0. The number of likely N-dealkylation sites (N-methyl/N-ethyl adjacent to an activating group) is 2. The van der Waals surface area contributed by atoms with Crippen LogP contribution in [0.15, 0.2) is 35.3 Å². The number of fused-ring (bicyclic) bond motifs is 3. The topological polar surface area (TPSA) is 101 Å². The van der Waals surface area contributed by atoms with Crippen LogP contribution in [0.3, 0.4) is 0 Å². The maximum atomic E-state index is 13.3. The van der Waals surface area contributed by atoms with E-state index in [1.165, 1.54) is 11.9 Å². The van der Waals surface area contributed by atoms with Gasteiger partial charge in [0.25, 0.3) is 5.91 Å². The van der Waals surface area contributed by atoms with Gasteiger partial charge in [-0.2, -0.15) is 0 Å². The van der Waals surface area contributed by atoms with Crippen molar-refractivity contribution in [3.63, 3.8) is 0 Å². The lowest BCUT2D eigenvalue weighted by Gasteiger charge is -2.39. The van der Waals surface area contributed by atoms with Gasteiger partial charge in [-0.25, -0.2) is 9.79 Å². The Hall–Kier alpha value is -3.18. The molecule has 35 heavy (non-hydrogen) atoms. The van der Waals surface area contributed by atoms with Crippen molar-refractivity contribution in [1.29, 1.82) is 0 Å². The van der Waals surface area contributed by atoms with Crippen LogP contribution in [-0.2, 0) is 20.9 Å². The second-order valence-electron chi connectivity index (χ2n) is 9.46. The molecule has 11 heteroatoms. The minimum absolute atomic E-state index is 0.0717. The van der Waals surface area contributed by atoms with E-state index in [-0.39, 0.29) is 17.8 Å². The number of morpholine rings is 1. The van der Waals surface area contributed by atoms with E-state index < -0.39 is 18.2 Å². The average Bonchev–Trinajstić information content (AvgIpc) is 3.42. The van der Waals surface area contributed by atoms with Crippen LogP contribution in [0.5, 0.6) is 0 Å². The summed E-state index contributed by atoms with van der Waals surface area (Å²) in [4.78, 5) is 52.5. The summed E-state index contributed by atoms with van der Waals surface area (Å²) in [5, 5.41) is 3.10. The molecule has 188 valence electrons. The number of rotatable bonds is 7. The maximum absolute atomic E-state index is 13.3. The largest absolute Gasteiger partial charge is 0.379 e. The molecule has 3 atom stereocenters. The molecule has 4 heterocycles. The summed E-state index contributed by atoms with van der Waals surface area (Å²) in [6.45, 7) is 5.73. The molecule has 0 bridgehead atoms. The Morgan fingerprint density at radius 2 is 1.89 bits per heavy atom. The highest BCUT2D eigenvalue weighted by Crippen LogP contribution is 2.33. The van der Waals surface area contributed by atoms with E-state index in [1.807, 2.05) is 40.1 Å². The highest BCUT2D eigenvalue weighted by Gasteiger charge is 2.56. The lowest BCUT2D eigenvalue weighted by atomic mass is 10.1. The number of ether oxygens (including phenoxy) is 1. The number of urea groups is 1. The first-order valence-electron chi connectivity index (χ1n) is 12.2. The number of carbonyl (C=O) groups is 3. The molecule has 3 fully saturated rings. The fourth-order valence-electron chi connectivity index (χ4n) is 5.25. The van der Waals surface area contributed by atoms with E-state index in [4.69, 9.17) is 9.73 Å². The molecule has 1 N–H and O–H groups in total. The number of amides is 4. The van der Waals surface area contributed by atoms with Gasteiger partial charge >= 0.3 is 6.03 Å². The first-order chi connectivity index (χ1) is 17.0. The summed E-state index contributed by atoms with van der Waals surface area (Å²) in [5.74, 6) is 0.237. The molecule has 0 aromatic heterocycles. The van der Waals surface area contributed by atoms with Gasteiger partial charge in [-0.3, -0.25) is 19.4 Å². The number of nitrogens with one attached hydrogen (secondary N) is 1. The van der Waals surface area contributed by atoms with Crippen LogP contribution in [0.4, 0.5) is 4.79 Å². The Kier molecular flexibility index (Phi) is 6.61. The fourth-order valence-corrected chi connectivity index (χ4v) is 5.25. The van der Waals surface area contributed by atoms with Crippen LogP contribution < -0.4 is 5.32 Å². The summed E-state index contributed by atoms with van der Waals surface area (Å²) in [7, 11) is 3.15. The molecule has 4 amide bonds. The van der Waals surface area contributed by atoms with Crippen molar-refractivity contribution in [2.24, 2.45) is 4.99 Å². The van der Waals surface area contributed by atoms with Crippen LogP contribution in [-0.4, -0.2) is 127 Å². The summed E-state index contributed by atoms with van der Waals surface area (Å²) < 4.78 is 5.39. The van der Waals surface area contributed by atoms with Crippen molar-refractivity contribution >= 4 is 23.8 Å². The minimum Gasteiger partial charge on any atom is -0.379 e. The zero-order valence-corrected chi connectivity index (χ0v) is 20.3. The Balaban J connectivity index is 1.31.